The Bertz CT molecular complexity index is 142. The average molecular weight is 141 g/mol. The predicted molar refractivity (Wildman–Crippen MR) is 42.3 cm³/mol. The van der Waals surface area contributed by atoms with Gasteiger partial charge in [0.2, 0.25) is 0 Å². The molecule has 2 atom stereocenters. The first-order valence-corrected chi connectivity index (χ1v) is 3.95. The summed E-state index contributed by atoms with van der Waals surface area (Å²) in [6, 6.07) is 0.542. The fraction of sp³-hybridized carbons (Fsp3) is 0.875. The highest BCUT2D eigenvalue weighted by molar-refractivity contribution is 5.84. The maximum atomic E-state index is 5.07. The van der Waals surface area contributed by atoms with E-state index in [4.69, 9.17) is 4.74 Å². The predicted octanol–water partition coefficient (Wildman–Crippen LogP) is 1.85. The minimum Gasteiger partial charge on any atom is -0.484 e. The summed E-state index contributed by atoms with van der Waals surface area (Å²) < 4.78 is 5.07. The second kappa shape index (κ2) is 3.04. The molecule has 1 aliphatic heterocycles. The Morgan fingerprint density at radius 3 is 2.50 bits per heavy atom. The molecule has 0 saturated carbocycles. The van der Waals surface area contributed by atoms with Crippen LogP contribution in [0.2, 0.25) is 0 Å². The van der Waals surface area contributed by atoms with Crippen LogP contribution in [0, 0.1) is 5.92 Å². The average Bonchev–Trinajstić information content (AvgIpc) is 1.89. The monoisotopic (exact) mass is 141 g/mol. The van der Waals surface area contributed by atoms with Gasteiger partial charge in [0, 0.05) is 0 Å². The number of hydrogen-bond acceptors (Lipinski definition) is 2. The van der Waals surface area contributed by atoms with Gasteiger partial charge in [-0.2, -0.15) is 0 Å². The molecule has 1 heterocycles. The fourth-order valence-electron chi connectivity index (χ4n) is 1.46. The minimum absolute atomic E-state index is 0.542. The Hall–Kier alpha value is -0.530. The lowest BCUT2D eigenvalue weighted by atomic mass is 9.90. The van der Waals surface area contributed by atoms with Crippen LogP contribution >= 0.6 is 0 Å². The van der Waals surface area contributed by atoms with Crippen LogP contribution in [0.4, 0.5) is 0 Å². The smallest absolute Gasteiger partial charge is 0.188 e. The van der Waals surface area contributed by atoms with Crippen LogP contribution in [0.3, 0.4) is 0 Å². The van der Waals surface area contributed by atoms with Crippen LogP contribution in [-0.2, 0) is 4.74 Å². The van der Waals surface area contributed by atoms with Crippen molar-refractivity contribution < 1.29 is 4.74 Å². The Labute approximate surface area is 62.3 Å². The largest absolute Gasteiger partial charge is 0.484 e. The number of methoxy groups -OCH3 is 1. The van der Waals surface area contributed by atoms with Crippen LogP contribution in [0.25, 0.3) is 0 Å². The van der Waals surface area contributed by atoms with E-state index in [1.807, 2.05) is 0 Å². The second-order valence-corrected chi connectivity index (χ2v) is 2.66. The Morgan fingerprint density at radius 2 is 2.10 bits per heavy atom. The molecule has 1 aliphatic rings. The van der Waals surface area contributed by atoms with E-state index in [0.29, 0.717) is 12.0 Å². The summed E-state index contributed by atoms with van der Waals surface area (Å²) in [6.07, 6.45) is 2.30. The third-order valence-corrected chi connectivity index (χ3v) is 2.14. The molecule has 0 radical (unpaired) electrons. The lowest BCUT2D eigenvalue weighted by molar-refractivity contribution is 0.296. The Balaban J connectivity index is 2.48. The molecule has 2 nitrogen and oxygen atoms in total. The molecule has 2 heteroatoms. The van der Waals surface area contributed by atoms with Gasteiger partial charge >= 0.3 is 0 Å². The summed E-state index contributed by atoms with van der Waals surface area (Å²) in [5.41, 5.74) is 0. The SMILES string of the molecule is CC[C@@H]1N=C(OC)[C@H]1CC. The van der Waals surface area contributed by atoms with Crippen molar-refractivity contribution in [2.75, 3.05) is 7.11 Å². The molecule has 10 heavy (non-hydrogen) atoms. The van der Waals surface area contributed by atoms with E-state index in [1.54, 1.807) is 7.11 Å². The number of aliphatic imine (C=N–C) groups is 1. The molecule has 0 spiro atoms. The van der Waals surface area contributed by atoms with E-state index in [-0.39, 0.29) is 0 Å². The van der Waals surface area contributed by atoms with E-state index in [2.05, 4.69) is 18.8 Å². The number of nitrogens with zero attached hydrogens (tertiary/aromatic N) is 1. The van der Waals surface area contributed by atoms with Crippen LogP contribution in [0.5, 0.6) is 0 Å². The summed E-state index contributed by atoms with van der Waals surface area (Å²) in [5, 5.41) is 0. The van der Waals surface area contributed by atoms with Crippen LogP contribution in [-0.4, -0.2) is 19.0 Å². The molecule has 0 N–H and O–H groups in total. The molecule has 0 saturated heterocycles. The van der Waals surface area contributed by atoms with E-state index in [0.717, 1.165) is 18.7 Å². The maximum absolute atomic E-state index is 5.07. The molecule has 0 fully saturated rings. The molecule has 58 valence electrons. The summed E-state index contributed by atoms with van der Waals surface area (Å²) in [4.78, 5) is 4.31. The molecular formula is C8H15NO. The van der Waals surface area contributed by atoms with Crippen molar-refractivity contribution in [3.8, 4) is 0 Å². The quantitative estimate of drug-likeness (QED) is 0.575. The van der Waals surface area contributed by atoms with E-state index < -0.39 is 0 Å². The van der Waals surface area contributed by atoms with Gasteiger partial charge in [0.05, 0.1) is 19.1 Å². The lowest BCUT2D eigenvalue weighted by Crippen LogP contribution is -2.37. The summed E-state index contributed by atoms with van der Waals surface area (Å²) in [6.45, 7) is 4.35. The third kappa shape index (κ3) is 1.02. The van der Waals surface area contributed by atoms with Crippen molar-refractivity contribution in [2.24, 2.45) is 10.9 Å². The van der Waals surface area contributed by atoms with Crippen LogP contribution < -0.4 is 0 Å². The highest BCUT2D eigenvalue weighted by Gasteiger charge is 2.32. The molecular weight excluding hydrogens is 126 g/mol. The molecule has 0 aromatic carbocycles. The van der Waals surface area contributed by atoms with Crippen molar-refractivity contribution >= 4 is 5.90 Å². The van der Waals surface area contributed by atoms with E-state index in [9.17, 15) is 0 Å². The molecule has 0 aromatic heterocycles. The standard InChI is InChI=1S/C8H15NO/c1-4-6-7(5-2)9-8(6)10-3/h6-7H,4-5H2,1-3H3/t6-,7-/m0/s1. The van der Waals surface area contributed by atoms with E-state index in [1.165, 1.54) is 0 Å². The second-order valence-electron chi connectivity index (χ2n) is 2.66. The first-order chi connectivity index (χ1) is 4.83. The van der Waals surface area contributed by atoms with Crippen LogP contribution in [0.15, 0.2) is 4.99 Å². The van der Waals surface area contributed by atoms with Gasteiger partial charge in [0.1, 0.15) is 0 Å². The van der Waals surface area contributed by atoms with E-state index >= 15 is 0 Å². The van der Waals surface area contributed by atoms with Crippen molar-refractivity contribution in [2.45, 2.75) is 32.7 Å². The molecule has 0 aliphatic carbocycles. The number of hydrogen-bond donors (Lipinski definition) is 0. The van der Waals surface area contributed by atoms with Gasteiger partial charge in [0.25, 0.3) is 0 Å². The Morgan fingerprint density at radius 1 is 1.40 bits per heavy atom. The maximum Gasteiger partial charge on any atom is 0.188 e. The fourth-order valence-corrected chi connectivity index (χ4v) is 1.46. The van der Waals surface area contributed by atoms with Gasteiger partial charge < -0.3 is 4.74 Å². The van der Waals surface area contributed by atoms with Crippen molar-refractivity contribution in [3.05, 3.63) is 0 Å². The van der Waals surface area contributed by atoms with Crippen molar-refractivity contribution in [1.82, 2.24) is 0 Å². The summed E-state index contributed by atoms with van der Waals surface area (Å²) in [7, 11) is 1.70. The van der Waals surface area contributed by atoms with Gasteiger partial charge in [-0.3, -0.25) is 4.99 Å². The minimum atomic E-state index is 0.542. The lowest BCUT2D eigenvalue weighted by Gasteiger charge is -2.31. The normalized spacial score (nSPS) is 30.9. The van der Waals surface area contributed by atoms with Crippen molar-refractivity contribution in [3.63, 3.8) is 0 Å². The van der Waals surface area contributed by atoms with Gasteiger partial charge in [-0.15, -0.1) is 0 Å². The third-order valence-electron chi connectivity index (χ3n) is 2.14. The van der Waals surface area contributed by atoms with Crippen molar-refractivity contribution in [1.29, 1.82) is 0 Å². The molecule has 0 aromatic rings. The van der Waals surface area contributed by atoms with Gasteiger partial charge in [-0.25, -0.2) is 0 Å². The highest BCUT2D eigenvalue weighted by Crippen LogP contribution is 2.26. The van der Waals surface area contributed by atoms with Gasteiger partial charge in [-0.1, -0.05) is 13.8 Å². The zero-order valence-electron chi connectivity index (χ0n) is 6.92. The molecule has 1 rings (SSSR count). The molecule has 0 amide bonds. The zero-order chi connectivity index (χ0) is 7.56. The Kier molecular flexibility index (Phi) is 2.30. The zero-order valence-corrected chi connectivity index (χ0v) is 6.92. The van der Waals surface area contributed by atoms with Gasteiger partial charge in [0.15, 0.2) is 5.90 Å². The molecule has 0 bridgehead atoms. The summed E-state index contributed by atoms with van der Waals surface area (Å²) in [5.74, 6) is 1.56. The first-order valence-electron chi connectivity index (χ1n) is 3.95. The first kappa shape index (κ1) is 7.58. The van der Waals surface area contributed by atoms with Gasteiger partial charge in [-0.05, 0) is 12.8 Å². The topological polar surface area (TPSA) is 21.6 Å². The number of ether oxygens (including phenoxy) is 1. The highest BCUT2D eigenvalue weighted by atomic mass is 16.5. The summed E-state index contributed by atoms with van der Waals surface area (Å²) >= 11 is 0. The number of rotatable bonds is 2. The molecule has 0 unspecified atom stereocenters. The van der Waals surface area contributed by atoms with Crippen LogP contribution in [0.1, 0.15) is 26.7 Å².